The van der Waals surface area contributed by atoms with Gasteiger partial charge in [0.05, 0.1) is 12.8 Å². The molecule has 0 aliphatic heterocycles. The molecular weight excluding hydrogens is 264 g/mol. The van der Waals surface area contributed by atoms with Crippen molar-refractivity contribution in [3.63, 3.8) is 0 Å². The SMILES string of the molecule is CCCOc1ccc(C=NNC(=O)c2ccccc2)cc1. The molecule has 1 N–H and O–H groups in total. The molecule has 0 saturated carbocycles. The van der Waals surface area contributed by atoms with Crippen molar-refractivity contribution in [1.29, 1.82) is 0 Å². The van der Waals surface area contributed by atoms with E-state index in [4.69, 9.17) is 4.74 Å². The average Bonchev–Trinajstić information content (AvgIpc) is 2.55. The van der Waals surface area contributed by atoms with Gasteiger partial charge in [0.2, 0.25) is 0 Å². The standard InChI is InChI=1S/C17H18N2O2/c1-2-12-21-16-10-8-14(9-11-16)13-18-19-17(20)15-6-4-3-5-7-15/h3-11,13H,2,12H2,1H3,(H,19,20). The topological polar surface area (TPSA) is 50.7 Å². The first-order chi connectivity index (χ1) is 10.3. The lowest BCUT2D eigenvalue weighted by Gasteiger charge is -2.04. The van der Waals surface area contributed by atoms with Gasteiger partial charge in [-0.2, -0.15) is 5.10 Å². The number of hydrazone groups is 1. The van der Waals surface area contributed by atoms with Crippen LogP contribution in [0.25, 0.3) is 0 Å². The fourth-order valence-electron chi connectivity index (χ4n) is 1.69. The second-order valence-electron chi connectivity index (χ2n) is 4.48. The Labute approximate surface area is 124 Å². The van der Waals surface area contributed by atoms with E-state index in [1.54, 1.807) is 18.3 Å². The minimum Gasteiger partial charge on any atom is -0.494 e. The molecule has 21 heavy (non-hydrogen) atoms. The summed E-state index contributed by atoms with van der Waals surface area (Å²) in [4.78, 5) is 11.8. The van der Waals surface area contributed by atoms with Crippen LogP contribution in [0.4, 0.5) is 0 Å². The molecule has 1 amide bonds. The van der Waals surface area contributed by atoms with Gasteiger partial charge in [0.15, 0.2) is 0 Å². The van der Waals surface area contributed by atoms with E-state index in [2.05, 4.69) is 17.5 Å². The zero-order valence-electron chi connectivity index (χ0n) is 12.0. The van der Waals surface area contributed by atoms with Crippen LogP contribution in [0.15, 0.2) is 59.7 Å². The molecule has 0 saturated heterocycles. The monoisotopic (exact) mass is 282 g/mol. The van der Waals surface area contributed by atoms with E-state index in [1.807, 2.05) is 42.5 Å². The van der Waals surface area contributed by atoms with E-state index in [1.165, 1.54) is 0 Å². The first-order valence-corrected chi connectivity index (χ1v) is 6.91. The van der Waals surface area contributed by atoms with Crippen molar-refractivity contribution < 1.29 is 9.53 Å². The summed E-state index contributed by atoms with van der Waals surface area (Å²) in [6, 6.07) is 16.5. The first kappa shape index (κ1) is 14.8. The van der Waals surface area contributed by atoms with Crippen molar-refractivity contribution in [2.45, 2.75) is 13.3 Å². The molecule has 0 spiro atoms. The smallest absolute Gasteiger partial charge is 0.271 e. The fourth-order valence-corrected chi connectivity index (χ4v) is 1.69. The number of nitrogens with zero attached hydrogens (tertiary/aromatic N) is 1. The largest absolute Gasteiger partial charge is 0.494 e. The van der Waals surface area contributed by atoms with Crippen molar-refractivity contribution in [2.75, 3.05) is 6.61 Å². The van der Waals surface area contributed by atoms with Gasteiger partial charge in [-0.3, -0.25) is 4.79 Å². The van der Waals surface area contributed by atoms with Gasteiger partial charge in [0, 0.05) is 5.56 Å². The normalized spacial score (nSPS) is 10.5. The average molecular weight is 282 g/mol. The molecule has 0 bridgehead atoms. The zero-order valence-corrected chi connectivity index (χ0v) is 12.0. The number of benzene rings is 2. The molecule has 0 atom stereocenters. The Morgan fingerprint density at radius 3 is 2.52 bits per heavy atom. The number of ether oxygens (including phenoxy) is 1. The Kier molecular flexibility index (Phi) is 5.52. The van der Waals surface area contributed by atoms with E-state index in [0.29, 0.717) is 12.2 Å². The Bertz CT molecular complexity index is 592. The van der Waals surface area contributed by atoms with E-state index in [0.717, 1.165) is 17.7 Å². The Hall–Kier alpha value is -2.62. The number of carbonyl (C=O) groups excluding carboxylic acids is 1. The summed E-state index contributed by atoms with van der Waals surface area (Å²) in [5.74, 6) is 0.608. The van der Waals surface area contributed by atoms with Crippen LogP contribution in [-0.2, 0) is 0 Å². The summed E-state index contributed by atoms with van der Waals surface area (Å²) in [6.45, 7) is 2.77. The second kappa shape index (κ2) is 7.85. The third-order valence-electron chi connectivity index (χ3n) is 2.77. The minimum absolute atomic E-state index is 0.227. The van der Waals surface area contributed by atoms with Gasteiger partial charge < -0.3 is 4.74 Å². The lowest BCUT2D eigenvalue weighted by atomic mass is 10.2. The van der Waals surface area contributed by atoms with Crippen molar-refractivity contribution in [2.24, 2.45) is 5.10 Å². The molecule has 2 aromatic rings. The predicted molar refractivity (Wildman–Crippen MR) is 83.7 cm³/mol. The van der Waals surface area contributed by atoms with Crippen LogP contribution in [0.1, 0.15) is 29.3 Å². The van der Waals surface area contributed by atoms with Gasteiger partial charge in [-0.1, -0.05) is 25.1 Å². The van der Waals surface area contributed by atoms with Crippen molar-refractivity contribution in [1.82, 2.24) is 5.43 Å². The molecule has 0 radical (unpaired) electrons. The second-order valence-corrected chi connectivity index (χ2v) is 4.48. The third kappa shape index (κ3) is 4.76. The molecule has 0 heterocycles. The number of hydrogen-bond acceptors (Lipinski definition) is 3. The van der Waals surface area contributed by atoms with Crippen LogP contribution in [0, 0.1) is 0 Å². The third-order valence-corrected chi connectivity index (χ3v) is 2.77. The number of hydrogen-bond donors (Lipinski definition) is 1. The molecule has 2 aromatic carbocycles. The number of amides is 1. The molecule has 0 aliphatic rings. The van der Waals surface area contributed by atoms with Crippen LogP contribution in [0.5, 0.6) is 5.75 Å². The van der Waals surface area contributed by atoms with Crippen LogP contribution in [0.2, 0.25) is 0 Å². The molecule has 2 rings (SSSR count). The number of rotatable bonds is 6. The Morgan fingerprint density at radius 2 is 1.86 bits per heavy atom. The van der Waals surface area contributed by atoms with Crippen LogP contribution >= 0.6 is 0 Å². The van der Waals surface area contributed by atoms with E-state index in [9.17, 15) is 4.79 Å². The Morgan fingerprint density at radius 1 is 1.14 bits per heavy atom. The van der Waals surface area contributed by atoms with Gasteiger partial charge in [-0.25, -0.2) is 5.43 Å². The Balaban J connectivity index is 1.88. The molecule has 0 unspecified atom stereocenters. The van der Waals surface area contributed by atoms with Crippen LogP contribution < -0.4 is 10.2 Å². The number of nitrogens with one attached hydrogen (secondary N) is 1. The lowest BCUT2D eigenvalue weighted by Crippen LogP contribution is -2.17. The summed E-state index contributed by atoms with van der Waals surface area (Å²) in [5.41, 5.74) is 3.97. The molecule has 108 valence electrons. The van der Waals surface area contributed by atoms with Crippen molar-refractivity contribution in [3.8, 4) is 5.75 Å². The minimum atomic E-state index is -0.227. The van der Waals surface area contributed by atoms with Crippen LogP contribution in [0.3, 0.4) is 0 Å². The lowest BCUT2D eigenvalue weighted by molar-refractivity contribution is 0.0955. The van der Waals surface area contributed by atoms with Crippen molar-refractivity contribution >= 4 is 12.1 Å². The van der Waals surface area contributed by atoms with Gasteiger partial charge >= 0.3 is 0 Å². The molecule has 0 aliphatic carbocycles. The van der Waals surface area contributed by atoms with Gasteiger partial charge in [-0.15, -0.1) is 0 Å². The summed E-state index contributed by atoms with van der Waals surface area (Å²) in [5, 5.41) is 3.94. The van der Waals surface area contributed by atoms with Gasteiger partial charge in [0.1, 0.15) is 5.75 Å². The van der Waals surface area contributed by atoms with Gasteiger partial charge in [0.25, 0.3) is 5.91 Å². The van der Waals surface area contributed by atoms with Crippen molar-refractivity contribution in [3.05, 3.63) is 65.7 Å². The van der Waals surface area contributed by atoms with E-state index < -0.39 is 0 Å². The zero-order chi connectivity index (χ0) is 14.9. The molecule has 0 fully saturated rings. The van der Waals surface area contributed by atoms with Gasteiger partial charge in [-0.05, 0) is 48.4 Å². The highest BCUT2D eigenvalue weighted by Crippen LogP contribution is 2.11. The van der Waals surface area contributed by atoms with E-state index in [-0.39, 0.29) is 5.91 Å². The van der Waals surface area contributed by atoms with E-state index >= 15 is 0 Å². The highest BCUT2D eigenvalue weighted by molar-refractivity contribution is 5.94. The summed E-state index contributed by atoms with van der Waals surface area (Å²) < 4.78 is 5.50. The molecule has 0 aromatic heterocycles. The summed E-state index contributed by atoms with van der Waals surface area (Å²) >= 11 is 0. The molecule has 4 nitrogen and oxygen atoms in total. The van der Waals surface area contributed by atoms with Crippen LogP contribution in [-0.4, -0.2) is 18.7 Å². The molecule has 4 heteroatoms. The highest BCUT2D eigenvalue weighted by atomic mass is 16.5. The summed E-state index contributed by atoms with van der Waals surface area (Å²) in [6.07, 6.45) is 2.58. The maximum absolute atomic E-state index is 11.8. The fraction of sp³-hybridized carbons (Fsp3) is 0.176. The quantitative estimate of drug-likeness (QED) is 0.653. The maximum Gasteiger partial charge on any atom is 0.271 e. The maximum atomic E-state index is 11.8. The number of carbonyl (C=O) groups is 1. The summed E-state index contributed by atoms with van der Waals surface area (Å²) in [7, 11) is 0. The first-order valence-electron chi connectivity index (χ1n) is 6.91. The predicted octanol–water partition coefficient (Wildman–Crippen LogP) is 3.24. The highest BCUT2D eigenvalue weighted by Gasteiger charge is 2.01. The molecular formula is C17H18N2O2.